The maximum absolute atomic E-state index is 13.5. The van der Waals surface area contributed by atoms with Crippen molar-refractivity contribution in [2.45, 2.75) is 57.5 Å². The molecule has 10 heteroatoms. The van der Waals surface area contributed by atoms with Gasteiger partial charge in [0.2, 0.25) is 0 Å². The highest BCUT2D eigenvalue weighted by Gasteiger charge is 2.65. The van der Waals surface area contributed by atoms with Gasteiger partial charge in [-0.05, 0) is 39.0 Å². The largest absolute Gasteiger partial charge is 0.328 e. The standard InChI is InChI=1S/C23H25N7OS2/c1-12-20(33-13(2)27-12)18-11-32-22(28-18)29-19-10-25-17(9-26-19)21(31)30-16-5-4-14-7-23(14,30)8-15(6-16)24-3/h9-11,14,16H,4-8H2,1-3H3,(H,26,28,29)/t14?,16-,23+/m1/s1. The van der Waals surface area contributed by atoms with Gasteiger partial charge in [0.1, 0.15) is 5.69 Å². The highest BCUT2D eigenvalue weighted by atomic mass is 32.1. The molecule has 2 bridgehead atoms. The van der Waals surface area contributed by atoms with E-state index in [1.165, 1.54) is 23.5 Å². The maximum Gasteiger partial charge on any atom is 0.274 e. The van der Waals surface area contributed by atoms with Gasteiger partial charge in [0.25, 0.3) is 5.91 Å². The summed E-state index contributed by atoms with van der Waals surface area (Å²) in [7, 11) is 1.87. The number of aliphatic imine (C=N–C) groups is 1. The Morgan fingerprint density at radius 3 is 2.85 bits per heavy atom. The number of hydrogen-bond acceptors (Lipinski definition) is 9. The lowest BCUT2D eigenvalue weighted by molar-refractivity contribution is 0.0363. The monoisotopic (exact) mass is 479 g/mol. The van der Waals surface area contributed by atoms with Crippen LogP contribution in [0.2, 0.25) is 0 Å². The number of thiazole rings is 2. The summed E-state index contributed by atoms with van der Waals surface area (Å²) in [6.07, 6.45) is 8.36. The van der Waals surface area contributed by atoms with Crippen LogP contribution < -0.4 is 5.32 Å². The normalized spacial score (nSPS) is 26.9. The van der Waals surface area contributed by atoms with Gasteiger partial charge in [0.15, 0.2) is 10.9 Å². The Morgan fingerprint density at radius 2 is 2.12 bits per heavy atom. The SMILES string of the molecule is CN=C1C[C@H]2CCC3C[C@@]3(C1)N2C(=O)c1cnc(Nc2nc(-c3sc(C)nc3C)cs2)cn1. The summed E-state index contributed by atoms with van der Waals surface area (Å²) >= 11 is 3.16. The molecule has 1 N–H and O–H groups in total. The van der Waals surface area contributed by atoms with Crippen LogP contribution in [-0.2, 0) is 0 Å². The number of rotatable bonds is 4. The fourth-order valence-corrected chi connectivity index (χ4v) is 7.25. The number of nitrogens with one attached hydrogen (secondary N) is 1. The number of carbonyl (C=O) groups is 1. The molecule has 3 atom stereocenters. The summed E-state index contributed by atoms with van der Waals surface area (Å²) in [5.74, 6) is 1.18. The molecule has 1 aliphatic carbocycles. The number of piperidine rings is 2. The second-order valence-electron chi connectivity index (χ2n) is 9.18. The fourth-order valence-electron chi connectivity index (χ4n) is 5.59. The van der Waals surface area contributed by atoms with Crippen LogP contribution in [0.15, 0.2) is 22.8 Å². The molecule has 2 saturated heterocycles. The van der Waals surface area contributed by atoms with Crippen molar-refractivity contribution in [3.63, 3.8) is 0 Å². The van der Waals surface area contributed by atoms with Gasteiger partial charge < -0.3 is 10.2 Å². The third-order valence-corrected chi connectivity index (χ3v) is 9.01. The molecule has 0 radical (unpaired) electrons. The Bertz CT molecular complexity index is 1260. The number of fused-ring (bicyclic) bond motifs is 1. The van der Waals surface area contributed by atoms with E-state index in [2.05, 4.69) is 35.1 Å². The molecule has 170 valence electrons. The average Bonchev–Trinajstić information content (AvgIpc) is 3.11. The second kappa shape index (κ2) is 7.66. The Labute approximate surface area is 200 Å². The number of anilines is 2. The highest BCUT2D eigenvalue weighted by molar-refractivity contribution is 7.16. The lowest BCUT2D eigenvalue weighted by Crippen LogP contribution is -2.57. The summed E-state index contributed by atoms with van der Waals surface area (Å²) < 4.78 is 0. The molecule has 0 aromatic carbocycles. The van der Waals surface area contributed by atoms with Crippen LogP contribution in [0.25, 0.3) is 10.6 Å². The van der Waals surface area contributed by atoms with Gasteiger partial charge in [-0.1, -0.05) is 0 Å². The van der Waals surface area contributed by atoms with Crippen LogP contribution in [0, 0.1) is 19.8 Å². The first-order valence-electron chi connectivity index (χ1n) is 11.2. The molecule has 1 saturated carbocycles. The van der Waals surface area contributed by atoms with Gasteiger partial charge in [0, 0.05) is 37.0 Å². The van der Waals surface area contributed by atoms with E-state index in [0.717, 1.165) is 52.1 Å². The third-order valence-electron chi connectivity index (χ3n) is 7.16. The molecule has 8 nitrogen and oxygen atoms in total. The number of aromatic nitrogens is 4. The minimum absolute atomic E-state index is 0.00368. The molecular weight excluding hydrogens is 454 g/mol. The predicted octanol–water partition coefficient (Wildman–Crippen LogP) is 4.64. The first-order valence-corrected chi connectivity index (χ1v) is 12.9. The second-order valence-corrected chi connectivity index (χ2v) is 11.2. The minimum Gasteiger partial charge on any atom is -0.328 e. The van der Waals surface area contributed by atoms with Gasteiger partial charge in [-0.25, -0.2) is 19.9 Å². The van der Waals surface area contributed by atoms with E-state index in [1.54, 1.807) is 23.7 Å². The molecule has 2 aliphatic heterocycles. The zero-order valence-electron chi connectivity index (χ0n) is 18.8. The third kappa shape index (κ3) is 3.47. The van der Waals surface area contributed by atoms with Crippen molar-refractivity contribution in [1.82, 2.24) is 24.8 Å². The van der Waals surface area contributed by atoms with E-state index in [1.807, 2.05) is 26.3 Å². The smallest absolute Gasteiger partial charge is 0.274 e. The van der Waals surface area contributed by atoms with Crippen molar-refractivity contribution < 1.29 is 4.79 Å². The van der Waals surface area contributed by atoms with Crippen LogP contribution >= 0.6 is 22.7 Å². The molecule has 3 aromatic rings. The highest BCUT2D eigenvalue weighted by Crippen LogP contribution is 2.60. The van der Waals surface area contributed by atoms with E-state index in [-0.39, 0.29) is 17.5 Å². The first kappa shape index (κ1) is 20.9. The molecule has 6 rings (SSSR count). The summed E-state index contributed by atoms with van der Waals surface area (Å²) in [5.41, 5.74) is 3.54. The average molecular weight is 480 g/mol. The predicted molar refractivity (Wildman–Crippen MR) is 131 cm³/mol. The van der Waals surface area contributed by atoms with Crippen LogP contribution in [-0.4, -0.2) is 55.1 Å². The van der Waals surface area contributed by atoms with Crippen molar-refractivity contribution >= 4 is 45.2 Å². The summed E-state index contributed by atoms with van der Waals surface area (Å²) in [6.45, 7) is 4.00. The summed E-state index contributed by atoms with van der Waals surface area (Å²) in [5, 5.41) is 7.00. The van der Waals surface area contributed by atoms with Crippen molar-refractivity contribution in [2.24, 2.45) is 10.9 Å². The zero-order chi connectivity index (χ0) is 22.7. The number of aryl methyl sites for hydroxylation is 2. The van der Waals surface area contributed by atoms with Gasteiger partial charge in [-0.3, -0.25) is 9.79 Å². The Balaban J connectivity index is 1.18. The van der Waals surface area contributed by atoms with Crippen molar-refractivity contribution in [2.75, 3.05) is 12.4 Å². The van der Waals surface area contributed by atoms with E-state index >= 15 is 0 Å². The number of amides is 1. The number of nitrogens with zero attached hydrogens (tertiary/aromatic N) is 6. The number of carbonyl (C=O) groups excluding carboxylic acids is 1. The molecule has 1 amide bonds. The molecular formula is C23H25N7OS2. The van der Waals surface area contributed by atoms with Crippen LogP contribution in [0.4, 0.5) is 10.9 Å². The van der Waals surface area contributed by atoms with E-state index < -0.39 is 0 Å². The first-order chi connectivity index (χ1) is 16.0. The summed E-state index contributed by atoms with van der Waals surface area (Å²) in [4.78, 5) is 39.2. The Morgan fingerprint density at radius 1 is 1.24 bits per heavy atom. The van der Waals surface area contributed by atoms with Gasteiger partial charge >= 0.3 is 0 Å². The molecule has 3 aromatic heterocycles. The number of hydrogen-bond donors (Lipinski definition) is 1. The van der Waals surface area contributed by atoms with Crippen LogP contribution in [0.3, 0.4) is 0 Å². The maximum atomic E-state index is 13.5. The van der Waals surface area contributed by atoms with E-state index in [9.17, 15) is 4.79 Å². The van der Waals surface area contributed by atoms with Gasteiger partial charge in [0.05, 0.1) is 39.2 Å². The van der Waals surface area contributed by atoms with E-state index in [0.29, 0.717) is 17.4 Å². The molecule has 1 unspecified atom stereocenters. The van der Waals surface area contributed by atoms with E-state index in [4.69, 9.17) is 0 Å². The van der Waals surface area contributed by atoms with Crippen molar-refractivity contribution in [3.8, 4) is 10.6 Å². The van der Waals surface area contributed by atoms with Gasteiger partial charge in [-0.2, -0.15) is 0 Å². The molecule has 1 spiro atoms. The quantitative estimate of drug-likeness (QED) is 0.585. The lowest BCUT2D eigenvalue weighted by Gasteiger charge is -2.47. The van der Waals surface area contributed by atoms with Crippen molar-refractivity contribution in [3.05, 3.63) is 34.2 Å². The summed E-state index contributed by atoms with van der Waals surface area (Å²) in [6, 6.07) is 0.232. The molecule has 3 fully saturated rings. The van der Waals surface area contributed by atoms with Crippen LogP contribution in [0.5, 0.6) is 0 Å². The zero-order valence-corrected chi connectivity index (χ0v) is 20.5. The van der Waals surface area contributed by atoms with Crippen molar-refractivity contribution in [1.29, 1.82) is 0 Å². The topological polar surface area (TPSA) is 96.3 Å². The molecule has 5 heterocycles. The van der Waals surface area contributed by atoms with Gasteiger partial charge in [-0.15, -0.1) is 22.7 Å². The minimum atomic E-state index is -0.0316. The molecule has 3 aliphatic rings. The fraction of sp³-hybridized carbons (Fsp3) is 0.478. The lowest BCUT2D eigenvalue weighted by atomic mass is 9.82. The molecule has 33 heavy (non-hydrogen) atoms. The van der Waals surface area contributed by atoms with Crippen LogP contribution in [0.1, 0.15) is 53.3 Å². The Hall–Kier alpha value is -2.72. The Kier molecular flexibility index (Phi) is 4.84.